The molecular formula is C12H17N3O. The van der Waals surface area contributed by atoms with Crippen molar-refractivity contribution in [2.75, 3.05) is 13.1 Å². The van der Waals surface area contributed by atoms with Crippen molar-refractivity contribution >= 4 is 0 Å². The molecule has 1 aromatic heterocycles. The van der Waals surface area contributed by atoms with E-state index in [4.69, 9.17) is 0 Å². The summed E-state index contributed by atoms with van der Waals surface area (Å²) < 4.78 is 1.70. The molecule has 1 atom stereocenters. The molecular weight excluding hydrogens is 202 g/mol. The van der Waals surface area contributed by atoms with Gasteiger partial charge >= 0.3 is 0 Å². The van der Waals surface area contributed by atoms with Crippen LogP contribution in [-0.2, 0) is 12.8 Å². The number of hydrogen-bond donors (Lipinski definition) is 1. The van der Waals surface area contributed by atoms with Crippen LogP contribution in [0.25, 0.3) is 0 Å². The topological polar surface area (TPSA) is 46.9 Å². The minimum atomic E-state index is 0.0781. The zero-order valence-electron chi connectivity index (χ0n) is 9.41. The molecule has 1 aromatic rings. The van der Waals surface area contributed by atoms with Crippen molar-refractivity contribution in [2.24, 2.45) is 0 Å². The summed E-state index contributed by atoms with van der Waals surface area (Å²) in [6, 6.07) is 2.05. The van der Waals surface area contributed by atoms with E-state index in [0.717, 1.165) is 50.9 Å². The molecule has 0 amide bonds. The second-order valence-corrected chi connectivity index (χ2v) is 4.75. The van der Waals surface area contributed by atoms with Crippen LogP contribution in [0.15, 0.2) is 10.9 Å². The molecule has 16 heavy (non-hydrogen) atoms. The van der Waals surface area contributed by atoms with Crippen LogP contribution in [0, 0.1) is 0 Å². The Labute approximate surface area is 94.7 Å². The average molecular weight is 219 g/mol. The number of aryl methyl sites for hydroxylation is 2. The summed E-state index contributed by atoms with van der Waals surface area (Å²) in [5.41, 5.74) is 2.39. The highest BCUT2D eigenvalue weighted by Crippen LogP contribution is 2.19. The van der Waals surface area contributed by atoms with Crippen molar-refractivity contribution in [3.05, 3.63) is 27.7 Å². The Kier molecular flexibility index (Phi) is 2.52. The molecule has 4 heteroatoms. The van der Waals surface area contributed by atoms with Crippen LogP contribution in [0.2, 0.25) is 0 Å². The molecule has 0 bridgehead atoms. The standard InChI is InChI=1S/C12H17N3O/c16-12-7-9-3-1-5-11(9)14-15(12)10-4-2-6-13-8-10/h7,10,13H,1-6,8H2. The third kappa shape index (κ3) is 1.67. The number of fused-ring (bicyclic) bond motifs is 1. The van der Waals surface area contributed by atoms with Crippen LogP contribution in [0.1, 0.15) is 36.6 Å². The van der Waals surface area contributed by atoms with Gasteiger partial charge in [0.1, 0.15) is 0 Å². The number of hydrogen-bond acceptors (Lipinski definition) is 3. The van der Waals surface area contributed by atoms with E-state index in [9.17, 15) is 4.79 Å². The average Bonchev–Trinajstić information content (AvgIpc) is 2.76. The minimum absolute atomic E-state index is 0.0781. The van der Waals surface area contributed by atoms with Crippen LogP contribution < -0.4 is 10.9 Å². The van der Waals surface area contributed by atoms with Crippen molar-refractivity contribution in [3.63, 3.8) is 0 Å². The first-order valence-electron chi connectivity index (χ1n) is 6.17. The number of piperidine rings is 1. The van der Waals surface area contributed by atoms with Gasteiger partial charge in [-0.2, -0.15) is 5.10 Å². The number of nitrogens with one attached hydrogen (secondary N) is 1. The van der Waals surface area contributed by atoms with E-state index < -0.39 is 0 Å². The molecule has 2 heterocycles. The highest BCUT2D eigenvalue weighted by molar-refractivity contribution is 5.22. The van der Waals surface area contributed by atoms with Crippen LogP contribution in [0.3, 0.4) is 0 Å². The maximum absolute atomic E-state index is 12.0. The lowest BCUT2D eigenvalue weighted by Crippen LogP contribution is -2.38. The van der Waals surface area contributed by atoms with Crippen LogP contribution >= 0.6 is 0 Å². The van der Waals surface area contributed by atoms with E-state index in [1.54, 1.807) is 10.7 Å². The lowest BCUT2D eigenvalue weighted by atomic mass is 10.1. The molecule has 1 aliphatic carbocycles. The van der Waals surface area contributed by atoms with Gasteiger partial charge in [0.25, 0.3) is 5.56 Å². The maximum atomic E-state index is 12.0. The summed E-state index contributed by atoms with van der Waals surface area (Å²) in [5, 5.41) is 7.87. The normalized spacial score (nSPS) is 24.4. The van der Waals surface area contributed by atoms with Gasteiger partial charge in [0.2, 0.25) is 0 Å². The fourth-order valence-corrected chi connectivity index (χ4v) is 2.72. The van der Waals surface area contributed by atoms with Crippen molar-refractivity contribution in [3.8, 4) is 0 Å². The monoisotopic (exact) mass is 219 g/mol. The van der Waals surface area contributed by atoms with Gasteiger partial charge in [-0.25, -0.2) is 4.68 Å². The predicted molar refractivity (Wildman–Crippen MR) is 61.7 cm³/mol. The van der Waals surface area contributed by atoms with Crippen LogP contribution in [-0.4, -0.2) is 22.9 Å². The molecule has 1 aliphatic heterocycles. The Hall–Kier alpha value is -1.16. The molecule has 0 spiro atoms. The first-order valence-corrected chi connectivity index (χ1v) is 6.17. The lowest BCUT2D eigenvalue weighted by Gasteiger charge is -2.24. The molecule has 0 saturated carbocycles. The van der Waals surface area contributed by atoms with Gasteiger partial charge in [-0.05, 0) is 44.2 Å². The van der Waals surface area contributed by atoms with Gasteiger partial charge in [-0.15, -0.1) is 0 Å². The van der Waals surface area contributed by atoms with Gasteiger partial charge in [0, 0.05) is 12.6 Å². The zero-order valence-corrected chi connectivity index (χ0v) is 9.41. The second-order valence-electron chi connectivity index (χ2n) is 4.75. The lowest BCUT2D eigenvalue weighted by molar-refractivity contribution is 0.333. The third-order valence-corrected chi connectivity index (χ3v) is 3.60. The first kappa shape index (κ1) is 10.0. The summed E-state index contributed by atoms with van der Waals surface area (Å²) in [5.74, 6) is 0. The number of aromatic nitrogens is 2. The first-order chi connectivity index (χ1) is 7.84. The second kappa shape index (κ2) is 4.01. The summed E-state index contributed by atoms with van der Waals surface area (Å²) in [4.78, 5) is 12.0. The summed E-state index contributed by atoms with van der Waals surface area (Å²) in [7, 11) is 0. The molecule has 1 fully saturated rings. The van der Waals surface area contributed by atoms with Crippen LogP contribution in [0.4, 0.5) is 0 Å². The molecule has 1 unspecified atom stereocenters. The van der Waals surface area contributed by atoms with Crippen LogP contribution in [0.5, 0.6) is 0 Å². The van der Waals surface area contributed by atoms with Crippen molar-refractivity contribution in [2.45, 2.75) is 38.1 Å². The Balaban J connectivity index is 1.97. The van der Waals surface area contributed by atoms with E-state index in [-0.39, 0.29) is 11.6 Å². The Morgan fingerprint density at radius 3 is 3.12 bits per heavy atom. The largest absolute Gasteiger partial charge is 0.315 e. The predicted octanol–water partition coefficient (Wildman–Crippen LogP) is 0.656. The third-order valence-electron chi connectivity index (χ3n) is 3.60. The highest BCUT2D eigenvalue weighted by atomic mass is 16.1. The van der Waals surface area contributed by atoms with E-state index in [0.29, 0.717) is 0 Å². The molecule has 1 saturated heterocycles. The molecule has 4 nitrogen and oxygen atoms in total. The van der Waals surface area contributed by atoms with Gasteiger partial charge in [0.15, 0.2) is 0 Å². The van der Waals surface area contributed by atoms with E-state index in [2.05, 4.69) is 10.4 Å². The summed E-state index contributed by atoms with van der Waals surface area (Å²) in [6.07, 6.45) is 5.42. The fraction of sp³-hybridized carbons (Fsp3) is 0.667. The number of rotatable bonds is 1. The quantitative estimate of drug-likeness (QED) is 0.754. The Bertz CT molecular complexity index is 446. The molecule has 1 N–H and O–H groups in total. The zero-order chi connectivity index (χ0) is 11.0. The van der Waals surface area contributed by atoms with Crippen molar-refractivity contribution in [1.29, 1.82) is 0 Å². The van der Waals surface area contributed by atoms with E-state index in [1.165, 1.54) is 5.56 Å². The van der Waals surface area contributed by atoms with Gasteiger partial charge in [-0.1, -0.05) is 0 Å². The summed E-state index contributed by atoms with van der Waals surface area (Å²) in [6.45, 7) is 1.95. The molecule has 3 rings (SSSR count). The number of nitrogens with zero attached hydrogens (tertiary/aromatic N) is 2. The van der Waals surface area contributed by atoms with Crippen molar-refractivity contribution < 1.29 is 0 Å². The van der Waals surface area contributed by atoms with E-state index in [1.807, 2.05) is 0 Å². The van der Waals surface area contributed by atoms with Gasteiger partial charge < -0.3 is 5.32 Å². The molecule has 86 valence electrons. The van der Waals surface area contributed by atoms with Gasteiger partial charge in [0.05, 0.1) is 11.7 Å². The maximum Gasteiger partial charge on any atom is 0.267 e. The molecule has 0 aromatic carbocycles. The minimum Gasteiger partial charge on any atom is -0.315 e. The molecule has 0 radical (unpaired) electrons. The van der Waals surface area contributed by atoms with Crippen molar-refractivity contribution in [1.82, 2.24) is 15.1 Å². The molecule has 2 aliphatic rings. The Morgan fingerprint density at radius 2 is 2.31 bits per heavy atom. The van der Waals surface area contributed by atoms with E-state index >= 15 is 0 Å². The smallest absolute Gasteiger partial charge is 0.267 e. The van der Waals surface area contributed by atoms with Gasteiger partial charge in [-0.3, -0.25) is 4.79 Å². The highest BCUT2D eigenvalue weighted by Gasteiger charge is 2.20. The summed E-state index contributed by atoms with van der Waals surface area (Å²) >= 11 is 0. The Morgan fingerprint density at radius 1 is 1.38 bits per heavy atom. The fourth-order valence-electron chi connectivity index (χ4n) is 2.72. The SMILES string of the molecule is O=c1cc2c(nn1C1CCCNC1)CCC2.